The molecule has 36 heavy (non-hydrogen) atoms. The van der Waals surface area contributed by atoms with Gasteiger partial charge in [-0.25, -0.2) is 14.0 Å². The molecule has 0 fully saturated rings. The van der Waals surface area contributed by atoms with Crippen LogP contribution >= 0.6 is 0 Å². The lowest BCUT2D eigenvalue weighted by molar-refractivity contribution is 0.430. The Hall–Kier alpha value is -4.72. The van der Waals surface area contributed by atoms with Gasteiger partial charge in [-0.2, -0.15) is 5.10 Å². The van der Waals surface area contributed by atoms with Crippen LogP contribution in [0, 0.1) is 27.7 Å². The second-order valence-corrected chi connectivity index (χ2v) is 8.79. The Bertz CT molecular complexity index is 1780. The maximum absolute atomic E-state index is 12.7. The molecule has 0 radical (unpaired) electrons. The number of aromatic hydroxyl groups is 1. The summed E-state index contributed by atoms with van der Waals surface area (Å²) in [7, 11) is 0. The number of aryl methyl sites for hydroxylation is 3. The molecule has 0 saturated heterocycles. The highest BCUT2D eigenvalue weighted by atomic mass is 16.3. The number of aromatic amines is 1. The molecule has 5 aromatic rings. The molecule has 0 atom stereocenters. The first-order valence-corrected chi connectivity index (χ1v) is 11.5. The Morgan fingerprint density at radius 3 is 2.47 bits per heavy atom. The second kappa shape index (κ2) is 8.81. The number of fused-ring (bicyclic) bond motifs is 1. The Balaban J connectivity index is 1.62. The number of aliphatic imine (C=N–C) groups is 1. The molecule has 0 bridgehead atoms. The van der Waals surface area contributed by atoms with E-state index in [-0.39, 0.29) is 5.56 Å². The van der Waals surface area contributed by atoms with Crippen LogP contribution in [0.2, 0.25) is 0 Å². The highest BCUT2D eigenvalue weighted by molar-refractivity contribution is 5.91. The van der Waals surface area contributed by atoms with Crippen molar-refractivity contribution >= 4 is 22.7 Å². The third-order valence-corrected chi connectivity index (χ3v) is 6.44. The molecule has 180 valence electrons. The van der Waals surface area contributed by atoms with Crippen molar-refractivity contribution in [3.8, 4) is 17.3 Å². The molecular formula is C28H25N5O3. The van der Waals surface area contributed by atoms with E-state index in [0.717, 1.165) is 32.3 Å². The standard InChI is InChI=1S/C28H25N5O3/c1-16-12-13-21(14-17(16)2)33-19(4)25(18(3)31-33)29-15-23-26(34)30-28(36)32(27(23)35)24-11-7-9-20-8-5-6-10-22(20)24/h5-15,35H,1-4H3,(H,30,34,36). The van der Waals surface area contributed by atoms with Gasteiger partial charge in [0.1, 0.15) is 11.3 Å². The van der Waals surface area contributed by atoms with E-state index in [0.29, 0.717) is 17.1 Å². The van der Waals surface area contributed by atoms with Crippen molar-refractivity contribution in [3.63, 3.8) is 0 Å². The Morgan fingerprint density at radius 1 is 0.944 bits per heavy atom. The lowest BCUT2D eigenvalue weighted by Crippen LogP contribution is -2.31. The molecule has 8 nitrogen and oxygen atoms in total. The minimum Gasteiger partial charge on any atom is -0.493 e. The average Bonchev–Trinajstić information content (AvgIpc) is 3.14. The third-order valence-electron chi connectivity index (χ3n) is 6.44. The van der Waals surface area contributed by atoms with Gasteiger partial charge in [-0.3, -0.25) is 14.8 Å². The summed E-state index contributed by atoms with van der Waals surface area (Å²) in [6.07, 6.45) is 1.27. The van der Waals surface area contributed by atoms with E-state index >= 15 is 0 Å². The molecule has 5 rings (SSSR count). The van der Waals surface area contributed by atoms with Crippen LogP contribution in [0.1, 0.15) is 28.1 Å². The van der Waals surface area contributed by atoms with Gasteiger partial charge in [0.2, 0.25) is 5.88 Å². The number of hydrogen-bond acceptors (Lipinski definition) is 5. The van der Waals surface area contributed by atoms with Crippen LogP contribution in [-0.2, 0) is 0 Å². The molecular weight excluding hydrogens is 454 g/mol. The molecule has 0 amide bonds. The van der Waals surface area contributed by atoms with E-state index < -0.39 is 17.1 Å². The van der Waals surface area contributed by atoms with E-state index in [4.69, 9.17) is 0 Å². The van der Waals surface area contributed by atoms with Crippen molar-refractivity contribution in [2.24, 2.45) is 4.99 Å². The van der Waals surface area contributed by atoms with Gasteiger partial charge in [0.25, 0.3) is 5.56 Å². The fourth-order valence-corrected chi connectivity index (χ4v) is 4.34. The summed E-state index contributed by atoms with van der Waals surface area (Å²) in [6, 6.07) is 19.0. The summed E-state index contributed by atoms with van der Waals surface area (Å²) < 4.78 is 2.89. The lowest BCUT2D eigenvalue weighted by Gasteiger charge is -2.12. The van der Waals surface area contributed by atoms with Gasteiger partial charge < -0.3 is 5.11 Å². The van der Waals surface area contributed by atoms with Crippen LogP contribution < -0.4 is 11.2 Å². The van der Waals surface area contributed by atoms with Crippen LogP contribution in [0.25, 0.3) is 22.1 Å². The minimum atomic E-state index is -0.735. The zero-order valence-electron chi connectivity index (χ0n) is 20.4. The molecule has 0 aliphatic rings. The van der Waals surface area contributed by atoms with Crippen molar-refractivity contribution in [1.82, 2.24) is 19.3 Å². The van der Waals surface area contributed by atoms with E-state index in [1.54, 1.807) is 16.8 Å². The van der Waals surface area contributed by atoms with Crippen molar-refractivity contribution < 1.29 is 5.11 Å². The summed E-state index contributed by atoms with van der Waals surface area (Å²) in [4.78, 5) is 32.2. The number of aromatic nitrogens is 4. The van der Waals surface area contributed by atoms with Crippen LogP contribution in [0.5, 0.6) is 5.88 Å². The molecule has 0 saturated carbocycles. The molecule has 0 spiro atoms. The second-order valence-electron chi connectivity index (χ2n) is 8.79. The van der Waals surface area contributed by atoms with E-state index in [9.17, 15) is 14.7 Å². The zero-order valence-corrected chi connectivity index (χ0v) is 20.4. The molecule has 0 unspecified atom stereocenters. The number of benzene rings is 3. The number of H-pyrrole nitrogens is 1. The molecule has 3 aromatic carbocycles. The van der Waals surface area contributed by atoms with Crippen LogP contribution in [0.15, 0.2) is 75.2 Å². The first-order valence-electron chi connectivity index (χ1n) is 11.5. The summed E-state index contributed by atoms with van der Waals surface area (Å²) >= 11 is 0. The zero-order chi connectivity index (χ0) is 25.6. The van der Waals surface area contributed by atoms with Crippen molar-refractivity contribution in [1.29, 1.82) is 0 Å². The fourth-order valence-electron chi connectivity index (χ4n) is 4.34. The Labute approximate surface area is 206 Å². The Morgan fingerprint density at radius 2 is 1.69 bits per heavy atom. The molecule has 0 aliphatic carbocycles. The topological polar surface area (TPSA) is 105 Å². The van der Waals surface area contributed by atoms with E-state index in [1.165, 1.54) is 11.8 Å². The monoisotopic (exact) mass is 479 g/mol. The summed E-state index contributed by atoms with van der Waals surface area (Å²) in [6.45, 7) is 7.82. The van der Waals surface area contributed by atoms with Crippen molar-refractivity contribution in [3.05, 3.63) is 110 Å². The molecule has 2 N–H and O–H groups in total. The van der Waals surface area contributed by atoms with Gasteiger partial charge in [-0.05, 0) is 62.4 Å². The minimum absolute atomic E-state index is 0.125. The van der Waals surface area contributed by atoms with Gasteiger partial charge in [-0.15, -0.1) is 0 Å². The average molecular weight is 480 g/mol. The number of nitrogens with zero attached hydrogens (tertiary/aromatic N) is 4. The highest BCUT2D eigenvalue weighted by Crippen LogP contribution is 2.28. The quantitative estimate of drug-likeness (QED) is 0.369. The van der Waals surface area contributed by atoms with Crippen molar-refractivity contribution in [2.45, 2.75) is 27.7 Å². The third kappa shape index (κ3) is 3.82. The number of rotatable bonds is 4. The van der Waals surface area contributed by atoms with E-state index in [2.05, 4.69) is 28.1 Å². The summed E-state index contributed by atoms with van der Waals surface area (Å²) in [5.41, 5.74) is 4.14. The molecule has 0 aliphatic heterocycles. The van der Waals surface area contributed by atoms with Gasteiger partial charge in [0.05, 0.1) is 22.8 Å². The predicted octanol–water partition coefficient (Wildman–Crippen LogP) is 4.55. The first kappa shape index (κ1) is 23.0. The SMILES string of the molecule is Cc1ccc(-n2nc(C)c(N=Cc3c(O)n(-c4cccc5ccccc45)c(=O)[nH]c3=O)c2C)cc1C. The van der Waals surface area contributed by atoms with Crippen LogP contribution in [-0.4, -0.2) is 30.7 Å². The van der Waals surface area contributed by atoms with Gasteiger partial charge in [0, 0.05) is 11.6 Å². The lowest BCUT2D eigenvalue weighted by atomic mass is 10.1. The normalized spacial score (nSPS) is 11.6. The van der Waals surface area contributed by atoms with E-state index in [1.807, 2.05) is 63.2 Å². The maximum Gasteiger partial charge on any atom is 0.335 e. The maximum atomic E-state index is 12.7. The first-order chi connectivity index (χ1) is 17.3. The summed E-state index contributed by atoms with van der Waals surface area (Å²) in [5.74, 6) is -0.485. The number of hydrogen-bond donors (Lipinski definition) is 2. The van der Waals surface area contributed by atoms with Crippen LogP contribution in [0.3, 0.4) is 0 Å². The van der Waals surface area contributed by atoms with Crippen molar-refractivity contribution in [2.75, 3.05) is 0 Å². The summed E-state index contributed by atoms with van der Waals surface area (Å²) in [5, 5.41) is 17.3. The van der Waals surface area contributed by atoms with Crippen LogP contribution in [0.4, 0.5) is 5.69 Å². The molecule has 2 aromatic heterocycles. The van der Waals surface area contributed by atoms with Gasteiger partial charge >= 0.3 is 5.69 Å². The fraction of sp³-hybridized carbons (Fsp3) is 0.143. The Kier molecular flexibility index (Phi) is 5.64. The highest BCUT2D eigenvalue weighted by Gasteiger charge is 2.17. The van der Waals surface area contributed by atoms with Gasteiger partial charge in [0.15, 0.2) is 0 Å². The predicted molar refractivity (Wildman–Crippen MR) is 142 cm³/mol. The molecule has 2 heterocycles. The smallest absolute Gasteiger partial charge is 0.335 e. The largest absolute Gasteiger partial charge is 0.493 e. The van der Waals surface area contributed by atoms with Gasteiger partial charge in [-0.1, -0.05) is 42.5 Å². The molecule has 8 heteroatoms. The number of nitrogens with one attached hydrogen (secondary N) is 1.